The van der Waals surface area contributed by atoms with Gasteiger partial charge in [-0.2, -0.15) is 0 Å². The van der Waals surface area contributed by atoms with E-state index < -0.39 is 0 Å². The molecule has 1 aromatic heterocycles. The Hall–Kier alpha value is -1.73. The molecular weight excluding hydrogens is 246 g/mol. The van der Waals surface area contributed by atoms with Crippen molar-refractivity contribution in [2.24, 2.45) is 5.84 Å². The smallest absolute Gasteiger partial charge is 0.274 e. The van der Waals surface area contributed by atoms with Crippen molar-refractivity contribution >= 4 is 11.7 Å². The van der Waals surface area contributed by atoms with Crippen molar-refractivity contribution in [2.45, 2.75) is 31.7 Å². The van der Waals surface area contributed by atoms with E-state index in [1.54, 1.807) is 4.90 Å². The second-order valence-electron chi connectivity index (χ2n) is 4.62. The first kappa shape index (κ1) is 13.7. The Morgan fingerprint density at radius 3 is 3.05 bits per heavy atom. The molecule has 0 spiro atoms. The van der Waals surface area contributed by atoms with E-state index in [0.717, 1.165) is 25.7 Å². The quantitative estimate of drug-likeness (QED) is 0.530. The molecular formula is C12H19N5O2. The first-order chi connectivity index (χ1) is 9.26. The SMILES string of the molecule is NNc1cncc(C(=O)N2CCCCCC2CO)n1. The largest absolute Gasteiger partial charge is 0.394 e. The number of hydrogen-bond acceptors (Lipinski definition) is 6. The molecule has 1 atom stereocenters. The van der Waals surface area contributed by atoms with Crippen LogP contribution in [0.5, 0.6) is 0 Å². The Balaban J connectivity index is 2.20. The number of nitrogen functional groups attached to an aromatic ring is 1. The molecule has 1 aliphatic heterocycles. The van der Waals surface area contributed by atoms with Crippen LogP contribution in [0.15, 0.2) is 12.4 Å². The van der Waals surface area contributed by atoms with Gasteiger partial charge in [-0.25, -0.2) is 10.8 Å². The van der Waals surface area contributed by atoms with Crippen molar-refractivity contribution in [1.82, 2.24) is 14.9 Å². The molecule has 1 saturated heterocycles. The van der Waals surface area contributed by atoms with Gasteiger partial charge in [0.05, 0.1) is 25.0 Å². The van der Waals surface area contributed by atoms with Gasteiger partial charge in [-0.05, 0) is 12.8 Å². The number of carbonyl (C=O) groups is 1. The third-order valence-electron chi connectivity index (χ3n) is 3.35. The minimum absolute atomic E-state index is 0.0198. The van der Waals surface area contributed by atoms with E-state index in [9.17, 15) is 9.90 Å². The summed E-state index contributed by atoms with van der Waals surface area (Å²) in [6, 6.07) is -0.133. The number of rotatable bonds is 3. The first-order valence-corrected chi connectivity index (χ1v) is 6.46. The number of hydrazine groups is 1. The average Bonchev–Trinajstić information content (AvgIpc) is 2.71. The van der Waals surface area contributed by atoms with E-state index in [1.165, 1.54) is 12.4 Å². The van der Waals surface area contributed by atoms with Gasteiger partial charge in [0.2, 0.25) is 0 Å². The van der Waals surface area contributed by atoms with Gasteiger partial charge in [0.25, 0.3) is 5.91 Å². The molecule has 0 saturated carbocycles. The number of likely N-dealkylation sites (tertiary alicyclic amines) is 1. The molecule has 7 heteroatoms. The molecule has 104 valence electrons. The maximum absolute atomic E-state index is 12.4. The molecule has 1 aliphatic rings. The summed E-state index contributed by atoms with van der Waals surface area (Å²) in [6.07, 6.45) is 6.75. The Morgan fingerprint density at radius 2 is 2.32 bits per heavy atom. The highest BCUT2D eigenvalue weighted by molar-refractivity contribution is 5.92. The number of anilines is 1. The number of carbonyl (C=O) groups excluding carboxylic acids is 1. The summed E-state index contributed by atoms with van der Waals surface area (Å²) in [6.45, 7) is 0.625. The lowest BCUT2D eigenvalue weighted by Crippen LogP contribution is -2.42. The van der Waals surface area contributed by atoms with Crippen molar-refractivity contribution in [2.75, 3.05) is 18.6 Å². The van der Waals surface area contributed by atoms with Gasteiger partial charge in [-0.15, -0.1) is 0 Å². The van der Waals surface area contributed by atoms with E-state index >= 15 is 0 Å². The molecule has 7 nitrogen and oxygen atoms in total. The fraction of sp³-hybridized carbons (Fsp3) is 0.583. The van der Waals surface area contributed by atoms with Crippen molar-refractivity contribution in [3.8, 4) is 0 Å². The van der Waals surface area contributed by atoms with Crippen molar-refractivity contribution in [1.29, 1.82) is 0 Å². The van der Waals surface area contributed by atoms with Gasteiger partial charge in [0.15, 0.2) is 5.82 Å². The number of aromatic nitrogens is 2. The van der Waals surface area contributed by atoms with Crippen LogP contribution in [-0.4, -0.2) is 45.1 Å². The van der Waals surface area contributed by atoms with Crippen molar-refractivity contribution in [3.05, 3.63) is 18.1 Å². The molecule has 1 unspecified atom stereocenters. The van der Waals surface area contributed by atoms with Crippen molar-refractivity contribution < 1.29 is 9.90 Å². The second kappa shape index (κ2) is 6.44. The Bertz CT molecular complexity index is 440. The fourth-order valence-corrected chi connectivity index (χ4v) is 2.32. The fourth-order valence-electron chi connectivity index (χ4n) is 2.32. The lowest BCUT2D eigenvalue weighted by Gasteiger charge is -2.28. The molecule has 0 aromatic carbocycles. The van der Waals surface area contributed by atoms with Crippen LogP contribution >= 0.6 is 0 Å². The summed E-state index contributed by atoms with van der Waals surface area (Å²) in [5, 5.41) is 9.42. The molecule has 0 aliphatic carbocycles. The molecule has 2 heterocycles. The van der Waals surface area contributed by atoms with E-state index in [1.807, 2.05) is 0 Å². The van der Waals surface area contributed by atoms with Crippen LogP contribution in [0.1, 0.15) is 36.2 Å². The average molecular weight is 265 g/mol. The zero-order valence-electron chi connectivity index (χ0n) is 10.7. The van der Waals surface area contributed by atoms with E-state index in [-0.39, 0.29) is 24.2 Å². The van der Waals surface area contributed by atoms with Gasteiger partial charge in [-0.1, -0.05) is 12.8 Å². The number of nitrogens with zero attached hydrogens (tertiary/aromatic N) is 3. The Morgan fingerprint density at radius 1 is 1.47 bits per heavy atom. The predicted octanol–water partition coefficient (Wildman–Crippen LogP) is 0.139. The Kier molecular flexibility index (Phi) is 4.64. The monoisotopic (exact) mass is 265 g/mol. The third kappa shape index (κ3) is 3.18. The number of aliphatic hydroxyl groups excluding tert-OH is 1. The highest BCUT2D eigenvalue weighted by Gasteiger charge is 2.26. The maximum atomic E-state index is 12.4. The number of nitrogens with one attached hydrogen (secondary N) is 1. The first-order valence-electron chi connectivity index (χ1n) is 6.46. The predicted molar refractivity (Wildman–Crippen MR) is 70.2 cm³/mol. The summed E-state index contributed by atoms with van der Waals surface area (Å²) in [5.74, 6) is 5.40. The highest BCUT2D eigenvalue weighted by atomic mass is 16.3. The molecule has 0 bridgehead atoms. The number of nitrogens with two attached hydrogens (primary N) is 1. The van der Waals surface area contributed by atoms with Gasteiger partial charge >= 0.3 is 0 Å². The number of aliphatic hydroxyl groups is 1. The summed E-state index contributed by atoms with van der Waals surface area (Å²) in [5.41, 5.74) is 2.62. The minimum atomic E-state index is -0.203. The van der Waals surface area contributed by atoms with Gasteiger partial charge in [-0.3, -0.25) is 9.78 Å². The van der Waals surface area contributed by atoms with Crippen LogP contribution in [-0.2, 0) is 0 Å². The van der Waals surface area contributed by atoms with Crippen molar-refractivity contribution in [3.63, 3.8) is 0 Å². The number of amides is 1. The second-order valence-corrected chi connectivity index (χ2v) is 4.62. The summed E-state index contributed by atoms with van der Waals surface area (Å²) >= 11 is 0. The highest BCUT2D eigenvalue weighted by Crippen LogP contribution is 2.18. The molecule has 1 aromatic rings. The normalized spacial score (nSPS) is 19.9. The molecule has 1 amide bonds. The van der Waals surface area contributed by atoms with Crippen LogP contribution in [0.3, 0.4) is 0 Å². The molecule has 0 radical (unpaired) electrons. The minimum Gasteiger partial charge on any atom is -0.394 e. The van der Waals surface area contributed by atoms with Gasteiger partial charge in [0.1, 0.15) is 5.69 Å². The summed E-state index contributed by atoms with van der Waals surface area (Å²) in [4.78, 5) is 22.2. The van der Waals surface area contributed by atoms with Crippen LogP contribution in [0.25, 0.3) is 0 Å². The molecule has 1 fully saturated rings. The zero-order valence-corrected chi connectivity index (χ0v) is 10.7. The Labute approximate surface area is 111 Å². The topological polar surface area (TPSA) is 104 Å². The van der Waals surface area contributed by atoms with Gasteiger partial charge < -0.3 is 15.4 Å². The van der Waals surface area contributed by atoms with E-state index in [4.69, 9.17) is 5.84 Å². The molecule has 2 rings (SSSR count). The van der Waals surface area contributed by atoms with E-state index in [0.29, 0.717) is 12.4 Å². The zero-order chi connectivity index (χ0) is 13.7. The van der Waals surface area contributed by atoms with Crippen LogP contribution in [0, 0.1) is 0 Å². The lowest BCUT2D eigenvalue weighted by atomic mass is 10.1. The molecule has 4 N–H and O–H groups in total. The van der Waals surface area contributed by atoms with Crippen LogP contribution in [0.2, 0.25) is 0 Å². The molecule has 19 heavy (non-hydrogen) atoms. The summed E-state index contributed by atoms with van der Waals surface area (Å²) < 4.78 is 0. The van der Waals surface area contributed by atoms with E-state index in [2.05, 4.69) is 15.4 Å². The van der Waals surface area contributed by atoms with Gasteiger partial charge in [0, 0.05) is 6.54 Å². The third-order valence-corrected chi connectivity index (χ3v) is 3.35. The summed E-state index contributed by atoms with van der Waals surface area (Å²) in [7, 11) is 0. The van der Waals surface area contributed by atoms with Crippen LogP contribution in [0.4, 0.5) is 5.82 Å². The standard InChI is InChI=1S/C12H19N5O2/c13-16-11-7-14-6-10(15-11)12(19)17-5-3-1-2-4-9(17)8-18/h6-7,9,18H,1-5,8,13H2,(H,15,16). The lowest BCUT2D eigenvalue weighted by molar-refractivity contribution is 0.0593. The maximum Gasteiger partial charge on any atom is 0.274 e. The van der Waals surface area contributed by atoms with Crippen LogP contribution < -0.4 is 11.3 Å². The number of hydrogen-bond donors (Lipinski definition) is 3.